The Labute approximate surface area is 192 Å². The second-order valence-electron chi connectivity index (χ2n) is 8.25. The number of carbonyl (C=O) groups is 1. The summed E-state index contributed by atoms with van der Waals surface area (Å²) < 4.78 is 39.2. The van der Waals surface area contributed by atoms with Crippen LogP contribution in [-0.2, 0) is 21.4 Å². The summed E-state index contributed by atoms with van der Waals surface area (Å²) >= 11 is 0. The molecule has 4 rings (SSSR count). The Bertz CT molecular complexity index is 1300. The van der Waals surface area contributed by atoms with Crippen molar-refractivity contribution in [3.63, 3.8) is 0 Å². The Kier molecular flexibility index (Phi) is 6.57. The quantitative estimate of drug-likeness (QED) is 0.538. The van der Waals surface area contributed by atoms with E-state index in [2.05, 4.69) is 5.32 Å². The Morgan fingerprint density at radius 3 is 2.48 bits per heavy atom. The van der Waals surface area contributed by atoms with E-state index in [1.165, 1.54) is 21.0 Å². The predicted octanol–water partition coefficient (Wildman–Crippen LogP) is 3.20. The monoisotopic (exact) mass is 473 g/mol. The van der Waals surface area contributed by atoms with Crippen molar-refractivity contribution in [2.75, 3.05) is 18.4 Å². The van der Waals surface area contributed by atoms with Crippen LogP contribution in [0.5, 0.6) is 5.75 Å². The van der Waals surface area contributed by atoms with Gasteiger partial charge in [0, 0.05) is 37.8 Å². The number of fused-ring (bicyclic) bond motifs is 1. The highest BCUT2D eigenvalue weighted by Crippen LogP contribution is 2.24. The van der Waals surface area contributed by atoms with E-state index in [9.17, 15) is 18.0 Å². The number of nitrogens with zero attached hydrogens (tertiary/aromatic N) is 2. The lowest BCUT2D eigenvalue weighted by atomic mass is 10.2. The van der Waals surface area contributed by atoms with Crippen LogP contribution in [-0.4, -0.2) is 42.4 Å². The number of aryl methyl sites for hydroxylation is 1. The van der Waals surface area contributed by atoms with Crippen LogP contribution in [0, 0.1) is 0 Å². The van der Waals surface area contributed by atoms with Gasteiger partial charge >= 0.3 is 5.76 Å². The molecule has 0 atom stereocenters. The van der Waals surface area contributed by atoms with Crippen molar-refractivity contribution in [2.24, 2.45) is 0 Å². The lowest BCUT2D eigenvalue weighted by Gasteiger charge is -2.15. The third-order valence-corrected chi connectivity index (χ3v) is 7.31. The smallest absolute Gasteiger partial charge is 0.419 e. The summed E-state index contributed by atoms with van der Waals surface area (Å²) in [7, 11) is -3.62. The molecule has 1 aliphatic rings. The van der Waals surface area contributed by atoms with Gasteiger partial charge in [0.15, 0.2) is 5.58 Å². The molecule has 33 heavy (non-hydrogen) atoms. The summed E-state index contributed by atoms with van der Waals surface area (Å²) in [4.78, 5) is 24.8. The molecule has 0 radical (unpaired) electrons. The summed E-state index contributed by atoms with van der Waals surface area (Å²) in [5.74, 6) is -0.184. The Hall–Kier alpha value is -3.11. The van der Waals surface area contributed by atoms with Gasteiger partial charge in [0.05, 0.1) is 16.5 Å². The van der Waals surface area contributed by atoms with E-state index in [1.807, 2.05) is 13.8 Å². The molecule has 1 saturated heterocycles. The second kappa shape index (κ2) is 9.40. The van der Waals surface area contributed by atoms with Gasteiger partial charge < -0.3 is 14.5 Å². The second-order valence-corrected chi connectivity index (χ2v) is 10.2. The van der Waals surface area contributed by atoms with Crippen molar-refractivity contribution < 1.29 is 22.4 Å². The fourth-order valence-corrected chi connectivity index (χ4v) is 5.36. The van der Waals surface area contributed by atoms with E-state index in [0.717, 1.165) is 12.8 Å². The van der Waals surface area contributed by atoms with Gasteiger partial charge in [-0.3, -0.25) is 9.36 Å². The number of aromatic nitrogens is 1. The zero-order valence-corrected chi connectivity index (χ0v) is 19.4. The molecular formula is C23H27N3O6S. The van der Waals surface area contributed by atoms with Gasteiger partial charge in [-0.15, -0.1) is 0 Å². The highest BCUT2D eigenvalue weighted by Gasteiger charge is 2.28. The van der Waals surface area contributed by atoms with Crippen LogP contribution in [0.3, 0.4) is 0 Å². The van der Waals surface area contributed by atoms with Crippen LogP contribution >= 0.6 is 0 Å². The first-order valence-electron chi connectivity index (χ1n) is 10.9. The number of anilines is 1. The number of rotatable bonds is 8. The minimum absolute atomic E-state index is 0.0482. The van der Waals surface area contributed by atoms with Gasteiger partial charge in [0.2, 0.25) is 15.9 Å². The molecule has 0 unspecified atom stereocenters. The number of ether oxygens (including phenoxy) is 1. The standard InChI is InChI=1S/C23H27N3O6S/c1-16(2)31-18-7-5-17(6-8-18)24-22(27)11-14-26-20-10-9-19(15-21(20)32-23(26)28)33(29,30)25-12-3-4-13-25/h5-10,15-16H,3-4,11-14H2,1-2H3,(H,24,27). The Morgan fingerprint density at radius 2 is 1.82 bits per heavy atom. The number of hydrogen-bond donors (Lipinski definition) is 1. The lowest BCUT2D eigenvalue weighted by molar-refractivity contribution is -0.116. The van der Waals surface area contributed by atoms with Crippen LogP contribution in [0.15, 0.2) is 56.6 Å². The fraction of sp³-hybridized carbons (Fsp3) is 0.391. The first-order valence-corrected chi connectivity index (χ1v) is 12.4. The minimum atomic E-state index is -3.62. The van der Waals surface area contributed by atoms with Gasteiger partial charge in [-0.2, -0.15) is 4.31 Å². The molecule has 0 spiro atoms. The molecule has 1 fully saturated rings. The van der Waals surface area contributed by atoms with Crippen LogP contribution in [0.1, 0.15) is 33.1 Å². The molecule has 3 aromatic rings. The molecule has 1 aromatic heterocycles. The number of amides is 1. The van der Waals surface area contributed by atoms with Crippen molar-refractivity contribution in [1.82, 2.24) is 8.87 Å². The first-order chi connectivity index (χ1) is 15.7. The molecule has 0 saturated carbocycles. The van der Waals surface area contributed by atoms with E-state index >= 15 is 0 Å². The van der Waals surface area contributed by atoms with Gasteiger partial charge in [0.25, 0.3) is 0 Å². The van der Waals surface area contributed by atoms with Gasteiger partial charge in [-0.1, -0.05) is 0 Å². The number of benzene rings is 2. The SMILES string of the molecule is CC(C)Oc1ccc(NC(=O)CCn2c(=O)oc3cc(S(=O)(=O)N4CCCC4)ccc32)cc1. The fourth-order valence-electron chi connectivity index (χ4n) is 3.82. The molecule has 2 heterocycles. The van der Waals surface area contributed by atoms with E-state index in [-0.39, 0.29) is 35.5 Å². The van der Waals surface area contributed by atoms with E-state index in [0.29, 0.717) is 30.0 Å². The van der Waals surface area contributed by atoms with Crippen LogP contribution in [0.4, 0.5) is 5.69 Å². The summed E-state index contributed by atoms with van der Waals surface area (Å²) in [5.41, 5.74) is 1.25. The maximum Gasteiger partial charge on any atom is 0.419 e. The van der Waals surface area contributed by atoms with Crippen molar-refractivity contribution in [2.45, 2.75) is 50.7 Å². The predicted molar refractivity (Wildman–Crippen MR) is 124 cm³/mol. The summed E-state index contributed by atoms with van der Waals surface area (Å²) in [6.45, 7) is 4.96. The first kappa shape index (κ1) is 23.1. The van der Waals surface area contributed by atoms with Crippen LogP contribution < -0.4 is 15.8 Å². The van der Waals surface area contributed by atoms with Gasteiger partial charge in [-0.25, -0.2) is 13.2 Å². The zero-order valence-electron chi connectivity index (χ0n) is 18.6. The number of sulfonamides is 1. The van der Waals surface area contributed by atoms with Crippen LogP contribution in [0.2, 0.25) is 0 Å². The molecule has 0 aliphatic carbocycles. The molecule has 1 amide bonds. The molecular weight excluding hydrogens is 446 g/mol. The molecule has 1 aliphatic heterocycles. The Morgan fingerprint density at radius 1 is 1.12 bits per heavy atom. The number of nitrogens with one attached hydrogen (secondary N) is 1. The zero-order chi connectivity index (χ0) is 23.6. The van der Waals surface area contributed by atoms with Crippen molar-refractivity contribution in [1.29, 1.82) is 0 Å². The third-order valence-electron chi connectivity index (χ3n) is 5.41. The lowest BCUT2D eigenvalue weighted by Crippen LogP contribution is -2.27. The summed E-state index contributed by atoms with van der Waals surface area (Å²) in [6.07, 6.45) is 1.78. The van der Waals surface area contributed by atoms with Crippen molar-refractivity contribution in [3.05, 3.63) is 53.0 Å². The molecule has 9 nitrogen and oxygen atoms in total. The van der Waals surface area contributed by atoms with Crippen molar-refractivity contribution >= 4 is 32.7 Å². The number of hydrogen-bond acceptors (Lipinski definition) is 6. The summed E-state index contributed by atoms with van der Waals surface area (Å²) in [6, 6.07) is 11.4. The average Bonchev–Trinajstić information content (AvgIpc) is 3.41. The molecule has 2 aromatic carbocycles. The number of oxazole rings is 1. The molecule has 10 heteroatoms. The normalized spacial score (nSPS) is 14.8. The van der Waals surface area contributed by atoms with E-state index in [4.69, 9.17) is 9.15 Å². The molecule has 1 N–H and O–H groups in total. The Balaban J connectivity index is 1.44. The largest absolute Gasteiger partial charge is 0.491 e. The van der Waals surface area contributed by atoms with E-state index in [1.54, 1.807) is 30.3 Å². The number of carbonyl (C=O) groups excluding carboxylic acids is 1. The third kappa shape index (κ3) is 5.12. The maximum absolute atomic E-state index is 12.8. The highest BCUT2D eigenvalue weighted by molar-refractivity contribution is 7.89. The molecule has 176 valence electrons. The van der Waals surface area contributed by atoms with Gasteiger partial charge in [-0.05, 0) is 63.1 Å². The summed E-state index contributed by atoms with van der Waals surface area (Å²) in [5, 5.41) is 2.79. The highest BCUT2D eigenvalue weighted by atomic mass is 32.2. The van der Waals surface area contributed by atoms with Crippen molar-refractivity contribution in [3.8, 4) is 5.75 Å². The molecule has 0 bridgehead atoms. The van der Waals surface area contributed by atoms with Gasteiger partial charge in [0.1, 0.15) is 5.75 Å². The topological polar surface area (TPSA) is 111 Å². The van der Waals surface area contributed by atoms with Crippen LogP contribution in [0.25, 0.3) is 11.1 Å². The maximum atomic E-state index is 12.8. The minimum Gasteiger partial charge on any atom is -0.491 e. The van der Waals surface area contributed by atoms with E-state index < -0.39 is 15.8 Å². The average molecular weight is 474 g/mol.